The van der Waals surface area contributed by atoms with Gasteiger partial charge in [0.2, 0.25) is 0 Å². The van der Waals surface area contributed by atoms with Crippen LogP contribution >= 0.6 is 0 Å². The number of hydrogen-bond donors (Lipinski definition) is 0. The molecule has 0 radical (unpaired) electrons. The monoisotopic (exact) mass is 277 g/mol. The lowest BCUT2D eigenvalue weighted by Gasteiger charge is -2.07. The predicted molar refractivity (Wildman–Crippen MR) is 80.3 cm³/mol. The van der Waals surface area contributed by atoms with Gasteiger partial charge in [0.15, 0.2) is 5.78 Å². The fourth-order valence-electron chi connectivity index (χ4n) is 3.23. The molecule has 4 rings (SSSR count). The van der Waals surface area contributed by atoms with Crippen LogP contribution in [0.3, 0.4) is 0 Å². The summed E-state index contributed by atoms with van der Waals surface area (Å²) < 4.78 is 1.77. The van der Waals surface area contributed by atoms with E-state index in [9.17, 15) is 4.79 Å². The fourth-order valence-corrected chi connectivity index (χ4v) is 3.23. The molecule has 1 unspecified atom stereocenters. The Hall–Kier alpha value is -2.49. The molecular formula is C17H15N3O. The molecule has 0 aliphatic heterocycles. The van der Waals surface area contributed by atoms with E-state index in [2.05, 4.69) is 16.1 Å². The Morgan fingerprint density at radius 3 is 3.00 bits per heavy atom. The summed E-state index contributed by atoms with van der Waals surface area (Å²) in [5.41, 5.74) is 3.67. The van der Waals surface area contributed by atoms with Gasteiger partial charge in [-0.1, -0.05) is 24.3 Å². The minimum absolute atomic E-state index is 0.0873. The molecule has 0 spiro atoms. The van der Waals surface area contributed by atoms with Crippen molar-refractivity contribution in [1.82, 2.24) is 14.8 Å². The molecule has 21 heavy (non-hydrogen) atoms. The van der Waals surface area contributed by atoms with Gasteiger partial charge in [-0.2, -0.15) is 5.10 Å². The standard InChI is InChI=1S/C17H15N3O/c1-20-14-7-3-2-6-12(14)16(19-20)17(21)13-9-8-11-5-4-10-18-15(11)13/h2-7,10,13H,8-9H2,1H3. The first kappa shape index (κ1) is 12.3. The lowest BCUT2D eigenvalue weighted by molar-refractivity contribution is 0.0954. The number of nitrogens with zero attached hydrogens (tertiary/aromatic N) is 3. The zero-order valence-corrected chi connectivity index (χ0v) is 11.8. The largest absolute Gasteiger partial charge is 0.292 e. The molecule has 0 N–H and O–H groups in total. The number of carbonyl (C=O) groups is 1. The van der Waals surface area contributed by atoms with Crippen molar-refractivity contribution in [2.24, 2.45) is 7.05 Å². The number of hydrogen-bond acceptors (Lipinski definition) is 3. The minimum Gasteiger partial charge on any atom is -0.292 e. The lowest BCUT2D eigenvalue weighted by atomic mass is 9.97. The van der Waals surface area contributed by atoms with Crippen molar-refractivity contribution in [3.63, 3.8) is 0 Å². The predicted octanol–water partition coefficient (Wildman–Crippen LogP) is 2.88. The summed E-state index contributed by atoms with van der Waals surface area (Å²) in [6.45, 7) is 0. The van der Waals surface area contributed by atoms with Gasteiger partial charge in [0.25, 0.3) is 0 Å². The SMILES string of the molecule is Cn1nc(C(=O)C2CCc3cccnc32)c2ccccc21. The topological polar surface area (TPSA) is 47.8 Å². The maximum absolute atomic E-state index is 12.9. The molecule has 0 saturated carbocycles. The third kappa shape index (κ3) is 1.79. The normalized spacial score (nSPS) is 17.1. The van der Waals surface area contributed by atoms with Crippen LogP contribution in [0, 0.1) is 0 Å². The van der Waals surface area contributed by atoms with Crippen molar-refractivity contribution in [2.75, 3.05) is 0 Å². The molecule has 2 heterocycles. The summed E-state index contributed by atoms with van der Waals surface area (Å²) in [7, 11) is 1.87. The highest BCUT2D eigenvalue weighted by Gasteiger charge is 2.32. The number of para-hydroxylation sites is 1. The first-order valence-electron chi connectivity index (χ1n) is 7.15. The third-order valence-electron chi connectivity index (χ3n) is 4.27. The van der Waals surface area contributed by atoms with Crippen molar-refractivity contribution in [1.29, 1.82) is 0 Å². The van der Waals surface area contributed by atoms with Crippen LogP contribution in [0.5, 0.6) is 0 Å². The van der Waals surface area contributed by atoms with Gasteiger partial charge in [0.1, 0.15) is 5.69 Å². The molecule has 0 bridgehead atoms. The summed E-state index contributed by atoms with van der Waals surface area (Å²) in [5, 5.41) is 5.37. The van der Waals surface area contributed by atoms with Crippen molar-refractivity contribution in [2.45, 2.75) is 18.8 Å². The molecule has 2 aromatic heterocycles. The third-order valence-corrected chi connectivity index (χ3v) is 4.27. The maximum Gasteiger partial charge on any atom is 0.192 e. The van der Waals surface area contributed by atoms with Crippen LogP contribution in [-0.4, -0.2) is 20.5 Å². The van der Waals surface area contributed by atoms with Crippen LogP contribution in [-0.2, 0) is 13.5 Å². The Morgan fingerprint density at radius 2 is 2.10 bits per heavy atom. The molecule has 4 nitrogen and oxygen atoms in total. The summed E-state index contributed by atoms with van der Waals surface area (Å²) in [4.78, 5) is 17.3. The molecular weight excluding hydrogens is 262 g/mol. The number of rotatable bonds is 2. The van der Waals surface area contributed by atoms with Gasteiger partial charge in [-0.3, -0.25) is 14.5 Å². The van der Waals surface area contributed by atoms with E-state index in [1.165, 1.54) is 5.56 Å². The highest BCUT2D eigenvalue weighted by atomic mass is 16.1. The summed E-state index contributed by atoms with van der Waals surface area (Å²) in [6, 6.07) is 11.9. The Bertz CT molecular complexity index is 850. The number of ketones is 1. The highest BCUT2D eigenvalue weighted by molar-refractivity contribution is 6.09. The van der Waals surface area contributed by atoms with Gasteiger partial charge in [0, 0.05) is 18.6 Å². The number of aromatic nitrogens is 3. The second-order valence-corrected chi connectivity index (χ2v) is 5.49. The van der Waals surface area contributed by atoms with Crippen molar-refractivity contribution < 1.29 is 4.79 Å². The van der Waals surface area contributed by atoms with Crippen LogP contribution < -0.4 is 0 Å². The second-order valence-electron chi connectivity index (χ2n) is 5.49. The van der Waals surface area contributed by atoms with Crippen LogP contribution in [0.4, 0.5) is 0 Å². The van der Waals surface area contributed by atoms with Gasteiger partial charge in [0.05, 0.1) is 17.1 Å². The summed E-state index contributed by atoms with van der Waals surface area (Å²) in [6.07, 6.45) is 3.52. The van der Waals surface area contributed by atoms with Crippen molar-refractivity contribution in [3.8, 4) is 0 Å². The van der Waals surface area contributed by atoms with E-state index in [0.717, 1.165) is 29.4 Å². The maximum atomic E-state index is 12.9. The van der Waals surface area contributed by atoms with E-state index in [1.807, 2.05) is 37.4 Å². The lowest BCUT2D eigenvalue weighted by Crippen LogP contribution is -2.12. The number of benzene rings is 1. The van der Waals surface area contributed by atoms with E-state index in [-0.39, 0.29) is 11.7 Å². The number of pyridine rings is 1. The first-order valence-corrected chi connectivity index (χ1v) is 7.15. The smallest absolute Gasteiger partial charge is 0.192 e. The van der Waals surface area contributed by atoms with E-state index in [1.54, 1.807) is 10.9 Å². The van der Waals surface area contributed by atoms with Gasteiger partial charge < -0.3 is 0 Å². The van der Waals surface area contributed by atoms with Crippen LogP contribution in [0.1, 0.15) is 34.1 Å². The van der Waals surface area contributed by atoms with Crippen molar-refractivity contribution >= 4 is 16.7 Å². The summed E-state index contributed by atoms with van der Waals surface area (Å²) >= 11 is 0. The molecule has 3 aromatic rings. The average molecular weight is 277 g/mol. The summed E-state index contributed by atoms with van der Waals surface area (Å²) in [5.74, 6) is -0.0660. The Balaban J connectivity index is 1.82. The molecule has 1 aliphatic rings. The Labute approximate surface area is 122 Å². The second kappa shape index (κ2) is 4.52. The van der Waals surface area contributed by atoms with E-state index >= 15 is 0 Å². The minimum atomic E-state index is -0.153. The zero-order valence-electron chi connectivity index (χ0n) is 11.8. The van der Waals surface area contributed by atoms with Crippen LogP contribution in [0.2, 0.25) is 0 Å². The molecule has 0 saturated heterocycles. The Kier molecular flexibility index (Phi) is 2.64. The number of Topliss-reactive ketones (excluding diaryl/α,β-unsaturated/α-hetero) is 1. The van der Waals surface area contributed by atoms with E-state index < -0.39 is 0 Å². The van der Waals surface area contributed by atoms with E-state index in [0.29, 0.717) is 5.69 Å². The van der Waals surface area contributed by atoms with Crippen LogP contribution in [0.25, 0.3) is 10.9 Å². The van der Waals surface area contributed by atoms with Gasteiger partial charge in [-0.25, -0.2) is 0 Å². The molecule has 1 aliphatic carbocycles. The van der Waals surface area contributed by atoms with Crippen LogP contribution in [0.15, 0.2) is 42.6 Å². The van der Waals surface area contributed by atoms with Gasteiger partial charge >= 0.3 is 0 Å². The number of fused-ring (bicyclic) bond motifs is 2. The van der Waals surface area contributed by atoms with Gasteiger partial charge in [-0.05, 0) is 30.5 Å². The number of aryl methyl sites for hydroxylation is 2. The molecule has 1 aromatic carbocycles. The molecule has 0 amide bonds. The quantitative estimate of drug-likeness (QED) is 0.677. The van der Waals surface area contributed by atoms with Crippen molar-refractivity contribution in [3.05, 3.63) is 59.5 Å². The average Bonchev–Trinajstić information content (AvgIpc) is 3.09. The fraction of sp³-hybridized carbons (Fsp3) is 0.235. The molecule has 1 atom stereocenters. The van der Waals surface area contributed by atoms with Gasteiger partial charge in [-0.15, -0.1) is 0 Å². The zero-order chi connectivity index (χ0) is 14.4. The molecule has 4 heteroatoms. The number of carbonyl (C=O) groups excluding carboxylic acids is 1. The first-order chi connectivity index (χ1) is 10.3. The highest BCUT2D eigenvalue weighted by Crippen LogP contribution is 2.34. The Morgan fingerprint density at radius 1 is 1.24 bits per heavy atom. The molecule has 0 fully saturated rings. The molecule has 104 valence electrons. The van der Waals surface area contributed by atoms with E-state index in [4.69, 9.17) is 0 Å².